The smallest absolute Gasteiger partial charge is 0.234 e. The van der Waals surface area contributed by atoms with E-state index in [1.807, 2.05) is 7.05 Å². The molecule has 0 aliphatic heterocycles. The van der Waals surface area contributed by atoms with Crippen molar-refractivity contribution in [2.45, 2.75) is 83.3 Å². The highest BCUT2D eigenvalue weighted by Crippen LogP contribution is 2.21. The van der Waals surface area contributed by atoms with E-state index >= 15 is 0 Å². The lowest BCUT2D eigenvalue weighted by Gasteiger charge is -2.34. The zero-order valence-corrected chi connectivity index (χ0v) is 14.5. The Balaban J connectivity index is 2.21. The van der Waals surface area contributed by atoms with Crippen molar-refractivity contribution < 1.29 is 4.79 Å². The minimum absolute atomic E-state index is 0.178. The largest absolute Gasteiger partial charge is 0.353 e. The summed E-state index contributed by atoms with van der Waals surface area (Å²) in [4.78, 5) is 14.3. The zero-order chi connectivity index (χ0) is 15.7. The van der Waals surface area contributed by atoms with E-state index in [9.17, 15) is 4.79 Å². The second-order valence-corrected chi connectivity index (χ2v) is 6.67. The van der Waals surface area contributed by atoms with Gasteiger partial charge in [-0.15, -0.1) is 0 Å². The van der Waals surface area contributed by atoms with Crippen molar-refractivity contribution in [2.24, 2.45) is 0 Å². The summed E-state index contributed by atoms with van der Waals surface area (Å²) in [6, 6.07) is 1.54. The molecular formula is C17H35N3O. The van der Waals surface area contributed by atoms with Gasteiger partial charge in [0.2, 0.25) is 5.91 Å². The van der Waals surface area contributed by atoms with E-state index in [0.717, 1.165) is 6.42 Å². The number of hydrogen-bond acceptors (Lipinski definition) is 3. The van der Waals surface area contributed by atoms with Gasteiger partial charge >= 0.3 is 0 Å². The summed E-state index contributed by atoms with van der Waals surface area (Å²) in [7, 11) is 4.13. The number of nitrogens with zero attached hydrogens (tertiary/aromatic N) is 1. The fraction of sp³-hybridized carbons (Fsp3) is 0.941. The molecule has 1 amide bonds. The number of carbonyl (C=O) groups is 1. The molecule has 1 aliphatic rings. The lowest BCUT2D eigenvalue weighted by atomic mass is 9.90. The van der Waals surface area contributed by atoms with Crippen molar-refractivity contribution in [3.05, 3.63) is 0 Å². The van der Waals surface area contributed by atoms with Crippen molar-refractivity contribution in [3.8, 4) is 0 Å². The number of carbonyl (C=O) groups excluding carboxylic acids is 1. The molecule has 1 saturated carbocycles. The second kappa shape index (κ2) is 10.2. The molecule has 1 atom stereocenters. The number of hydrogen-bond donors (Lipinski definition) is 2. The van der Waals surface area contributed by atoms with Gasteiger partial charge in [0.15, 0.2) is 0 Å². The number of nitrogens with one attached hydrogen (secondary N) is 2. The van der Waals surface area contributed by atoms with Crippen molar-refractivity contribution in [2.75, 3.05) is 20.6 Å². The molecule has 0 spiro atoms. The molecule has 124 valence electrons. The monoisotopic (exact) mass is 297 g/mol. The second-order valence-electron chi connectivity index (χ2n) is 6.67. The van der Waals surface area contributed by atoms with E-state index < -0.39 is 0 Å². The van der Waals surface area contributed by atoms with E-state index in [-0.39, 0.29) is 5.91 Å². The normalized spacial score (nSPS) is 24.0. The molecule has 0 aromatic rings. The first-order chi connectivity index (χ1) is 10.1. The molecule has 0 saturated heterocycles. The minimum atomic E-state index is 0.178. The van der Waals surface area contributed by atoms with Gasteiger partial charge in [-0.1, -0.05) is 26.2 Å². The van der Waals surface area contributed by atoms with Gasteiger partial charge in [0.1, 0.15) is 0 Å². The highest BCUT2D eigenvalue weighted by molar-refractivity contribution is 5.78. The average molecular weight is 297 g/mol. The number of unbranched alkanes of at least 4 members (excludes halogenated alkanes) is 2. The summed E-state index contributed by atoms with van der Waals surface area (Å²) in [6.07, 6.45) is 9.63. The molecule has 4 nitrogen and oxygen atoms in total. The van der Waals surface area contributed by atoms with Gasteiger partial charge in [-0.3, -0.25) is 9.69 Å². The maximum atomic E-state index is 12.1. The fourth-order valence-electron chi connectivity index (χ4n) is 3.25. The lowest BCUT2D eigenvalue weighted by Crippen LogP contribution is -2.45. The first-order valence-corrected chi connectivity index (χ1v) is 8.73. The summed E-state index contributed by atoms with van der Waals surface area (Å²) in [6.45, 7) is 4.86. The van der Waals surface area contributed by atoms with E-state index in [4.69, 9.17) is 0 Å². The van der Waals surface area contributed by atoms with Crippen LogP contribution in [0.2, 0.25) is 0 Å². The Morgan fingerprint density at radius 3 is 2.48 bits per heavy atom. The van der Waals surface area contributed by atoms with E-state index in [2.05, 4.69) is 36.4 Å². The number of likely N-dealkylation sites (N-methyl/N-ethyl adjacent to an activating group) is 1. The third-order valence-corrected chi connectivity index (χ3v) is 4.77. The van der Waals surface area contributed by atoms with Crippen LogP contribution < -0.4 is 10.6 Å². The molecule has 2 N–H and O–H groups in total. The Bertz CT molecular complexity index is 288. The molecule has 0 aromatic heterocycles. The molecule has 1 rings (SSSR count). The van der Waals surface area contributed by atoms with Gasteiger partial charge in [0, 0.05) is 18.1 Å². The summed E-state index contributed by atoms with van der Waals surface area (Å²) >= 11 is 0. The standard InChI is InChI=1S/C17H35N3O/c1-5-6-7-8-14(2)19-17(21)13-20(4)16-11-9-15(18-3)10-12-16/h14-16,18H,5-13H2,1-4H3,(H,19,21). The van der Waals surface area contributed by atoms with Gasteiger partial charge in [-0.25, -0.2) is 0 Å². The molecule has 1 aliphatic carbocycles. The van der Waals surface area contributed by atoms with E-state index in [1.54, 1.807) is 0 Å². The first kappa shape index (κ1) is 18.4. The van der Waals surface area contributed by atoms with Crippen LogP contribution in [0, 0.1) is 0 Å². The Labute approximate surface area is 131 Å². The van der Waals surface area contributed by atoms with Crippen LogP contribution in [-0.4, -0.2) is 49.6 Å². The SMILES string of the molecule is CCCCCC(C)NC(=O)CN(C)C1CCC(NC)CC1. The average Bonchev–Trinajstić information content (AvgIpc) is 2.47. The van der Waals surface area contributed by atoms with Crippen molar-refractivity contribution in [3.63, 3.8) is 0 Å². The summed E-state index contributed by atoms with van der Waals surface area (Å²) in [5.74, 6) is 0.178. The molecule has 4 heteroatoms. The number of rotatable bonds is 9. The molecule has 1 fully saturated rings. The maximum Gasteiger partial charge on any atom is 0.234 e. The Hall–Kier alpha value is -0.610. The first-order valence-electron chi connectivity index (χ1n) is 8.73. The third-order valence-electron chi connectivity index (χ3n) is 4.77. The summed E-state index contributed by atoms with van der Waals surface area (Å²) in [5, 5.41) is 6.49. The molecule has 21 heavy (non-hydrogen) atoms. The quantitative estimate of drug-likeness (QED) is 0.643. The Kier molecular flexibility index (Phi) is 8.93. The summed E-state index contributed by atoms with van der Waals surface area (Å²) in [5.41, 5.74) is 0. The molecular weight excluding hydrogens is 262 g/mol. The van der Waals surface area contributed by atoms with Gasteiger partial charge in [-0.2, -0.15) is 0 Å². The molecule has 0 bridgehead atoms. The van der Waals surface area contributed by atoms with Crippen LogP contribution in [0.15, 0.2) is 0 Å². The van der Waals surface area contributed by atoms with Crippen molar-refractivity contribution in [1.82, 2.24) is 15.5 Å². The van der Waals surface area contributed by atoms with Crippen LogP contribution in [0.25, 0.3) is 0 Å². The van der Waals surface area contributed by atoms with Crippen LogP contribution in [0.4, 0.5) is 0 Å². The lowest BCUT2D eigenvalue weighted by molar-refractivity contribution is -0.123. The van der Waals surface area contributed by atoms with Crippen LogP contribution in [0.3, 0.4) is 0 Å². The van der Waals surface area contributed by atoms with Gasteiger partial charge in [0.05, 0.1) is 6.54 Å². The third kappa shape index (κ3) is 7.28. The molecule has 0 radical (unpaired) electrons. The predicted molar refractivity (Wildman–Crippen MR) is 89.5 cm³/mol. The summed E-state index contributed by atoms with van der Waals surface area (Å²) < 4.78 is 0. The van der Waals surface area contributed by atoms with Gasteiger partial charge < -0.3 is 10.6 Å². The highest BCUT2D eigenvalue weighted by Gasteiger charge is 2.24. The maximum absolute atomic E-state index is 12.1. The van der Waals surface area contributed by atoms with Crippen LogP contribution in [-0.2, 0) is 4.79 Å². The van der Waals surface area contributed by atoms with Crippen LogP contribution >= 0.6 is 0 Å². The molecule has 0 heterocycles. The topological polar surface area (TPSA) is 44.4 Å². The Morgan fingerprint density at radius 1 is 1.24 bits per heavy atom. The van der Waals surface area contributed by atoms with Gasteiger partial charge in [0.25, 0.3) is 0 Å². The van der Waals surface area contributed by atoms with Crippen molar-refractivity contribution in [1.29, 1.82) is 0 Å². The van der Waals surface area contributed by atoms with Crippen molar-refractivity contribution >= 4 is 5.91 Å². The van der Waals surface area contributed by atoms with E-state index in [0.29, 0.717) is 24.7 Å². The van der Waals surface area contributed by atoms with E-state index in [1.165, 1.54) is 44.9 Å². The Morgan fingerprint density at radius 2 is 1.90 bits per heavy atom. The predicted octanol–water partition coefficient (Wildman–Crippen LogP) is 2.53. The number of amides is 1. The molecule has 1 unspecified atom stereocenters. The highest BCUT2D eigenvalue weighted by atomic mass is 16.2. The van der Waals surface area contributed by atoms with Crippen LogP contribution in [0.1, 0.15) is 65.2 Å². The van der Waals surface area contributed by atoms with Crippen LogP contribution in [0.5, 0.6) is 0 Å². The fourth-order valence-corrected chi connectivity index (χ4v) is 3.25. The minimum Gasteiger partial charge on any atom is -0.353 e. The van der Waals surface area contributed by atoms with Gasteiger partial charge in [-0.05, 0) is 53.1 Å². The molecule has 0 aromatic carbocycles. The zero-order valence-electron chi connectivity index (χ0n) is 14.5.